The molecule has 324 valence electrons. The number of aliphatic hydroxyl groups is 1. The molecule has 14 nitrogen and oxygen atoms in total. The first kappa shape index (κ1) is 44.3. The molecule has 6 rings (SSSR count). The lowest BCUT2D eigenvalue weighted by atomic mass is 10.0. The van der Waals surface area contributed by atoms with Crippen molar-refractivity contribution in [3.05, 3.63) is 87.2 Å². The summed E-state index contributed by atoms with van der Waals surface area (Å²) in [5.74, 6) is -0.229. The number of amidine groups is 1. The number of amides is 2. The maximum absolute atomic E-state index is 13.7. The number of anilines is 2. The van der Waals surface area contributed by atoms with Crippen molar-refractivity contribution in [1.29, 1.82) is 0 Å². The number of nitrogens with one attached hydrogen (secondary N) is 2. The number of rotatable bonds is 16. The molecule has 2 bridgehead atoms. The number of nitrogens with zero attached hydrogens (tertiary/aromatic N) is 6. The molecule has 0 spiro atoms. The molecule has 2 fully saturated rings. The van der Waals surface area contributed by atoms with Gasteiger partial charge in [-0.25, -0.2) is 4.99 Å². The van der Waals surface area contributed by atoms with E-state index in [-0.39, 0.29) is 29.0 Å². The summed E-state index contributed by atoms with van der Waals surface area (Å²) in [6.45, 7) is 7.97. The van der Waals surface area contributed by atoms with Crippen molar-refractivity contribution in [2.75, 3.05) is 49.5 Å². The predicted octanol–water partition coefficient (Wildman–Crippen LogP) is 4.06. The van der Waals surface area contributed by atoms with Gasteiger partial charge in [0.15, 0.2) is 0 Å². The number of hydrogen-bond donors (Lipinski definition) is 5. The topological polar surface area (TPSA) is 187 Å². The first-order chi connectivity index (χ1) is 28.6. The van der Waals surface area contributed by atoms with Gasteiger partial charge in [-0.1, -0.05) is 49.6 Å². The van der Waals surface area contributed by atoms with Crippen molar-refractivity contribution in [1.82, 2.24) is 19.7 Å². The Morgan fingerprint density at radius 3 is 2.38 bits per heavy atom. The van der Waals surface area contributed by atoms with Crippen LogP contribution < -0.4 is 32.6 Å². The lowest BCUT2D eigenvalue weighted by Crippen LogP contribution is -2.51. The van der Waals surface area contributed by atoms with Crippen molar-refractivity contribution >= 4 is 41.2 Å². The Balaban J connectivity index is 0.942. The number of piperazine rings is 1. The molecule has 2 saturated heterocycles. The average molecular weight is 835 g/mol. The molecule has 7 N–H and O–H groups in total. The van der Waals surface area contributed by atoms with Crippen LogP contribution in [-0.4, -0.2) is 107 Å². The Morgan fingerprint density at radius 2 is 1.70 bits per heavy atom. The number of aliphatic imine (C=N–C) groups is 2. The van der Waals surface area contributed by atoms with Gasteiger partial charge in [0, 0.05) is 57.5 Å². The summed E-state index contributed by atoms with van der Waals surface area (Å²) >= 11 is 0. The van der Waals surface area contributed by atoms with Crippen LogP contribution in [0, 0.1) is 0 Å². The fourth-order valence-electron chi connectivity index (χ4n) is 8.29. The van der Waals surface area contributed by atoms with Crippen LogP contribution >= 0.6 is 0 Å². The summed E-state index contributed by atoms with van der Waals surface area (Å²) in [4.78, 5) is 54.8. The first-order valence-corrected chi connectivity index (χ1v) is 20.8. The highest BCUT2D eigenvalue weighted by atomic mass is 19.4. The number of pyridine rings is 1. The largest absolute Gasteiger partial charge is 0.416 e. The summed E-state index contributed by atoms with van der Waals surface area (Å²) in [6, 6.07) is 12.8. The van der Waals surface area contributed by atoms with Gasteiger partial charge in [-0.15, -0.1) is 0 Å². The number of alkyl halides is 3. The summed E-state index contributed by atoms with van der Waals surface area (Å²) < 4.78 is 42.4. The summed E-state index contributed by atoms with van der Waals surface area (Å²) in [5, 5.41) is 16.3. The minimum atomic E-state index is -4.52. The van der Waals surface area contributed by atoms with Crippen LogP contribution in [0.3, 0.4) is 0 Å². The van der Waals surface area contributed by atoms with Gasteiger partial charge >= 0.3 is 6.18 Å². The molecule has 0 saturated carbocycles. The number of carbonyl (C=O) groups excluding carboxylic acids is 2. The maximum atomic E-state index is 13.7. The molecule has 0 aliphatic carbocycles. The molecule has 4 heterocycles. The van der Waals surface area contributed by atoms with E-state index in [0.29, 0.717) is 55.1 Å². The predicted molar refractivity (Wildman–Crippen MR) is 228 cm³/mol. The highest BCUT2D eigenvalue weighted by Gasteiger charge is 2.39. The minimum Gasteiger partial charge on any atom is -0.390 e. The van der Waals surface area contributed by atoms with Crippen molar-refractivity contribution in [3.63, 3.8) is 0 Å². The van der Waals surface area contributed by atoms with E-state index in [1.165, 1.54) is 4.57 Å². The van der Waals surface area contributed by atoms with Gasteiger partial charge in [-0.2, -0.15) is 13.2 Å². The zero-order valence-corrected chi connectivity index (χ0v) is 34.5. The van der Waals surface area contributed by atoms with E-state index in [4.69, 9.17) is 16.5 Å². The third-order valence-corrected chi connectivity index (χ3v) is 11.7. The van der Waals surface area contributed by atoms with Gasteiger partial charge in [0.05, 0.1) is 23.5 Å². The average Bonchev–Trinajstić information content (AvgIpc) is 3.42. The number of carbonyl (C=O) groups is 2. The standard InChI is InChI=1S/C43H57F3N10O4/c1-27-20-35(52-40(58)37(57)34(48)21-29-12-8-7-9-13-29)41(59)56(27)15-11-6-4-5-10-14-54-16-18-55(19-17-54)36-25-33(39(49-26-47)53(3)42(36)60)38-50-28(2)30-22-31(43(44,45)46)24-32(23-30)51-38/h7-9,12-13,22-28,34-35,37,57H,4-6,10-11,14-21,48H2,1-3H3,(H2,47,49)(H,50,51)(H,52,58). The molecule has 1 aromatic heterocycles. The van der Waals surface area contributed by atoms with Crippen LogP contribution in [-0.2, 0) is 29.2 Å². The highest BCUT2D eigenvalue weighted by Crippen LogP contribution is 2.36. The Hall–Kier alpha value is -5.26. The van der Waals surface area contributed by atoms with Gasteiger partial charge in [0.1, 0.15) is 29.5 Å². The second kappa shape index (κ2) is 19.4. The maximum Gasteiger partial charge on any atom is 0.416 e. The Labute approximate surface area is 348 Å². The zero-order chi connectivity index (χ0) is 43.1. The zero-order valence-electron chi connectivity index (χ0n) is 34.5. The summed E-state index contributed by atoms with van der Waals surface area (Å²) in [5.41, 5.74) is 13.2. The second-order valence-corrected chi connectivity index (χ2v) is 16.1. The lowest BCUT2D eigenvalue weighted by Gasteiger charge is -2.36. The number of fused-ring (bicyclic) bond motifs is 2. The van der Waals surface area contributed by atoms with Crippen LogP contribution in [0.15, 0.2) is 69.4 Å². The quantitative estimate of drug-likeness (QED) is 0.0807. The molecule has 5 unspecified atom stereocenters. The van der Waals surface area contributed by atoms with Gasteiger partial charge in [-0.3, -0.25) is 28.8 Å². The van der Waals surface area contributed by atoms with E-state index in [2.05, 4.69) is 20.5 Å². The highest BCUT2D eigenvalue weighted by molar-refractivity contribution is 6.12. The smallest absolute Gasteiger partial charge is 0.390 e. The number of likely N-dealkylation sites (tertiary alicyclic amines) is 1. The van der Waals surface area contributed by atoms with Gasteiger partial charge in [-0.05, 0) is 81.5 Å². The van der Waals surface area contributed by atoms with Gasteiger partial charge in [0.25, 0.3) is 11.5 Å². The second-order valence-electron chi connectivity index (χ2n) is 16.1. The van der Waals surface area contributed by atoms with Crippen molar-refractivity contribution in [3.8, 4) is 0 Å². The fourth-order valence-corrected chi connectivity index (χ4v) is 8.29. The Kier molecular flexibility index (Phi) is 14.3. The Bertz CT molecular complexity index is 2100. The number of nitrogens with two attached hydrogens (primary N) is 2. The SMILES string of the molecule is CC1N=C(c2cc(N3CCN(CCCCCCCN4C(=O)C(NC(=O)C(O)C(N)Cc5ccccc5)CC4C)CC3)c(=O)n(C)c2/N=C\N)Nc2cc1cc(C(F)(F)F)c2. The van der Waals surface area contributed by atoms with Crippen LogP contribution in [0.25, 0.3) is 0 Å². The van der Waals surface area contributed by atoms with E-state index in [0.717, 1.165) is 75.8 Å². The van der Waals surface area contributed by atoms with E-state index in [1.54, 1.807) is 26.1 Å². The fraction of sp³-hybridized carbons (Fsp3) is 0.512. The van der Waals surface area contributed by atoms with Crippen LogP contribution in [0.1, 0.15) is 80.7 Å². The molecule has 3 aliphatic heterocycles. The van der Waals surface area contributed by atoms with Gasteiger partial charge < -0.3 is 37.0 Å². The minimum absolute atomic E-state index is 0.0190. The molecule has 3 aliphatic rings. The van der Waals surface area contributed by atoms with Crippen molar-refractivity contribution in [2.24, 2.45) is 28.5 Å². The summed E-state index contributed by atoms with van der Waals surface area (Å²) in [7, 11) is 1.59. The van der Waals surface area contributed by atoms with Crippen molar-refractivity contribution in [2.45, 2.75) is 95.2 Å². The normalized spacial score (nSPS) is 20.8. The van der Waals surface area contributed by atoms with Crippen LogP contribution in [0.2, 0.25) is 0 Å². The van der Waals surface area contributed by atoms with Crippen LogP contribution in [0.4, 0.5) is 30.4 Å². The number of benzene rings is 2. The molecule has 60 heavy (non-hydrogen) atoms. The molecule has 17 heteroatoms. The molecule has 2 amide bonds. The lowest BCUT2D eigenvalue weighted by molar-refractivity contribution is -0.137. The van der Waals surface area contributed by atoms with E-state index in [1.807, 2.05) is 47.1 Å². The molecule has 0 radical (unpaired) electrons. The number of aliphatic hydroxyl groups excluding tert-OH is 1. The van der Waals surface area contributed by atoms with E-state index < -0.39 is 41.9 Å². The molecule has 5 atom stereocenters. The van der Waals surface area contributed by atoms with Crippen LogP contribution in [0.5, 0.6) is 0 Å². The molecule has 3 aromatic rings. The summed E-state index contributed by atoms with van der Waals surface area (Å²) in [6.07, 6.45) is 0.865. The van der Waals surface area contributed by atoms with Gasteiger partial charge in [0.2, 0.25) is 5.91 Å². The molecule has 2 aromatic carbocycles. The molecular weight excluding hydrogens is 778 g/mol. The number of unbranched alkanes of at least 4 members (excludes halogenated alkanes) is 4. The third-order valence-electron chi connectivity index (χ3n) is 11.7. The number of halogens is 3. The van der Waals surface area contributed by atoms with Crippen molar-refractivity contribution < 1.29 is 27.9 Å². The van der Waals surface area contributed by atoms with E-state index in [9.17, 15) is 32.7 Å². The first-order valence-electron chi connectivity index (χ1n) is 20.8. The number of aromatic nitrogens is 1. The van der Waals surface area contributed by atoms with E-state index >= 15 is 0 Å². The third kappa shape index (κ3) is 10.5. The number of hydrogen-bond acceptors (Lipinski definition) is 10. The monoisotopic (exact) mass is 834 g/mol. The molecular formula is C43H57F3N10O4. The Morgan fingerprint density at radius 1 is 1.02 bits per heavy atom.